The monoisotopic (exact) mass is 266 g/mol. The highest BCUT2D eigenvalue weighted by molar-refractivity contribution is 7.14. The Hall–Kier alpha value is -2.13. The van der Waals surface area contributed by atoms with Gasteiger partial charge in [-0.05, 0) is 10.8 Å². The molecule has 2 aromatic carbocycles. The van der Waals surface area contributed by atoms with E-state index in [0.29, 0.717) is 0 Å². The fourth-order valence-electron chi connectivity index (χ4n) is 2.09. The van der Waals surface area contributed by atoms with Crippen molar-refractivity contribution in [3.8, 4) is 11.3 Å². The molecule has 0 spiro atoms. The highest BCUT2D eigenvalue weighted by atomic mass is 32.1. The van der Waals surface area contributed by atoms with Gasteiger partial charge in [0, 0.05) is 17.5 Å². The number of hydrogen-bond acceptors (Lipinski definition) is 3. The first-order chi connectivity index (χ1) is 9.38. The van der Waals surface area contributed by atoms with Crippen LogP contribution in [0.2, 0.25) is 0 Å². The number of aromatic nitrogens is 1. The van der Waals surface area contributed by atoms with E-state index in [1.54, 1.807) is 11.3 Å². The lowest BCUT2D eigenvalue weighted by Gasteiger charge is -2.03. The molecule has 3 rings (SSSR count). The topological polar surface area (TPSA) is 24.9 Å². The van der Waals surface area contributed by atoms with Crippen molar-refractivity contribution in [3.63, 3.8) is 0 Å². The largest absolute Gasteiger partial charge is 0.358 e. The summed E-state index contributed by atoms with van der Waals surface area (Å²) < 4.78 is 0. The van der Waals surface area contributed by atoms with Crippen LogP contribution in [0.25, 0.3) is 22.0 Å². The second-order valence-electron chi connectivity index (χ2n) is 4.23. The third kappa shape index (κ3) is 2.37. The summed E-state index contributed by atoms with van der Waals surface area (Å²) >= 11 is 1.62. The van der Waals surface area contributed by atoms with Gasteiger partial charge in [-0.15, -0.1) is 17.9 Å². The number of benzene rings is 2. The molecule has 0 bridgehead atoms. The van der Waals surface area contributed by atoms with Gasteiger partial charge in [-0.25, -0.2) is 4.98 Å². The Labute approximate surface area is 116 Å². The van der Waals surface area contributed by atoms with E-state index in [9.17, 15) is 0 Å². The minimum Gasteiger partial charge on any atom is -0.358 e. The predicted molar refractivity (Wildman–Crippen MR) is 83.7 cm³/mol. The third-order valence-electron chi connectivity index (χ3n) is 2.97. The first-order valence-electron chi connectivity index (χ1n) is 6.17. The van der Waals surface area contributed by atoms with Crippen LogP contribution >= 0.6 is 11.3 Å². The molecule has 0 amide bonds. The standard InChI is InChI=1S/C16H14N2S/c1-2-10-17-16-18-15(11-19-16)14-9-5-7-12-6-3-4-8-13(12)14/h2-9,11H,1,10H2,(H,17,18). The van der Waals surface area contributed by atoms with Gasteiger partial charge in [0.2, 0.25) is 0 Å². The summed E-state index contributed by atoms with van der Waals surface area (Å²) in [4.78, 5) is 4.63. The minimum atomic E-state index is 0.739. The summed E-state index contributed by atoms with van der Waals surface area (Å²) in [6.45, 7) is 4.43. The summed E-state index contributed by atoms with van der Waals surface area (Å²) in [6, 6.07) is 14.7. The van der Waals surface area contributed by atoms with Crippen LogP contribution in [-0.4, -0.2) is 11.5 Å². The van der Waals surface area contributed by atoms with Gasteiger partial charge in [-0.2, -0.15) is 0 Å². The van der Waals surface area contributed by atoms with Crippen LogP contribution in [0.15, 0.2) is 60.5 Å². The summed E-state index contributed by atoms with van der Waals surface area (Å²) in [5.41, 5.74) is 2.20. The van der Waals surface area contributed by atoms with Crippen LogP contribution < -0.4 is 5.32 Å². The van der Waals surface area contributed by atoms with Gasteiger partial charge in [0.15, 0.2) is 5.13 Å². The van der Waals surface area contributed by atoms with E-state index >= 15 is 0 Å². The molecular weight excluding hydrogens is 252 g/mol. The van der Waals surface area contributed by atoms with E-state index in [1.807, 2.05) is 6.08 Å². The third-order valence-corrected chi connectivity index (χ3v) is 3.77. The number of nitrogens with zero attached hydrogens (tertiary/aromatic N) is 1. The Balaban J connectivity index is 2.04. The number of anilines is 1. The first kappa shape index (κ1) is 11.9. The molecule has 0 aliphatic heterocycles. The zero-order valence-corrected chi connectivity index (χ0v) is 11.3. The van der Waals surface area contributed by atoms with E-state index < -0.39 is 0 Å². The Morgan fingerprint density at radius 1 is 1.16 bits per heavy atom. The molecule has 0 aliphatic carbocycles. The maximum atomic E-state index is 4.63. The molecule has 3 heteroatoms. The van der Waals surface area contributed by atoms with Gasteiger partial charge in [0.25, 0.3) is 0 Å². The number of thiazole rings is 1. The maximum absolute atomic E-state index is 4.63. The molecule has 2 nitrogen and oxygen atoms in total. The fourth-order valence-corrected chi connectivity index (χ4v) is 2.81. The maximum Gasteiger partial charge on any atom is 0.183 e. The Morgan fingerprint density at radius 3 is 2.89 bits per heavy atom. The van der Waals surface area contributed by atoms with Gasteiger partial charge in [0.05, 0.1) is 5.69 Å². The van der Waals surface area contributed by atoms with Gasteiger partial charge in [-0.1, -0.05) is 48.5 Å². The zero-order chi connectivity index (χ0) is 13.1. The molecule has 94 valence electrons. The lowest BCUT2D eigenvalue weighted by atomic mass is 10.0. The average Bonchev–Trinajstić information content (AvgIpc) is 2.93. The minimum absolute atomic E-state index is 0.739. The van der Waals surface area contributed by atoms with Crippen LogP contribution in [0.4, 0.5) is 5.13 Å². The van der Waals surface area contributed by atoms with E-state index in [-0.39, 0.29) is 0 Å². The Kier molecular flexibility index (Phi) is 3.29. The van der Waals surface area contributed by atoms with Crippen LogP contribution in [0.3, 0.4) is 0 Å². The van der Waals surface area contributed by atoms with E-state index in [2.05, 4.69) is 64.7 Å². The molecule has 0 saturated carbocycles. The van der Waals surface area contributed by atoms with E-state index in [4.69, 9.17) is 0 Å². The van der Waals surface area contributed by atoms with Crippen LogP contribution in [-0.2, 0) is 0 Å². The average molecular weight is 266 g/mol. The van der Waals surface area contributed by atoms with Crippen LogP contribution in [0, 0.1) is 0 Å². The smallest absolute Gasteiger partial charge is 0.183 e. The van der Waals surface area contributed by atoms with Crippen molar-refractivity contribution >= 4 is 27.2 Å². The number of fused-ring (bicyclic) bond motifs is 1. The number of nitrogens with one attached hydrogen (secondary N) is 1. The van der Waals surface area contributed by atoms with Gasteiger partial charge in [0.1, 0.15) is 0 Å². The van der Waals surface area contributed by atoms with Crippen molar-refractivity contribution < 1.29 is 0 Å². The molecule has 0 radical (unpaired) electrons. The number of hydrogen-bond donors (Lipinski definition) is 1. The molecule has 1 N–H and O–H groups in total. The molecular formula is C16H14N2S. The van der Waals surface area contributed by atoms with Crippen LogP contribution in [0.5, 0.6) is 0 Å². The molecule has 0 atom stereocenters. The van der Waals surface area contributed by atoms with Gasteiger partial charge < -0.3 is 5.32 Å². The normalized spacial score (nSPS) is 10.5. The fraction of sp³-hybridized carbons (Fsp3) is 0.0625. The van der Waals surface area contributed by atoms with Crippen molar-refractivity contribution in [1.29, 1.82) is 0 Å². The second kappa shape index (κ2) is 5.24. The lowest BCUT2D eigenvalue weighted by Crippen LogP contribution is -1.96. The molecule has 0 unspecified atom stereocenters. The van der Waals surface area contributed by atoms with Crippen molar-refractivity contribution in [2.24, 2.45) is 0 Å². The molecule has 1 aromatic heterocycles. The Morgan fingerprint density at radius 2 is 2.00 bits per heavy atom. The molecule has 0 fully saturated rings. The summed E-state index contributed by atoms with van der Waals surface area (Å²) in [7, 11) is 0. The highest BCUT2D eigenvalue weighted by Crippen LogP contribution is 2.30. The molecule has 3 aromatic rings. The molecule has 0 aliphatic rings. The molecule has 19 heavy (non-hydrogen) atoms. The van der Waals surface area contributed by atoms with Crippen LogP contribution in [0.1, 0.15) is 0 Å². The van der Waals surface area contributed by atoms with Crippen molar-refractivity contribution in [1.82, 2.24) is 4.98 Å². The second-order valence-corrected chi connectivity index (χ2v) is 5.09. The summed E-state index contributed by atoms with van der Waals surface area (Å²) in [6.07, 6.45) is 1.83. The van der Waals surface area contributed by atoms with Gasteiger partial charge in [-0.3, -0.25) is 0 Å². The van der Waals surface area contributed by atoms with E-state index in [0.717, 1.165) is 17.4 Å². The quantitative estimate of drug-likeness (QED) is 0.700. The molecule has 0 saturated heterocycles. The lowest BCUT2D eigenvalue weighted by molar-refractivity contribution is 1.29. The van der Waals surface area contributed by atoms with E-state index in [1.165, 1.54) is 16.3 Å². The van der Waals surface area contributed by atoms with Crippen molar-refractivity contribution in [2.75, 3.05) is 11.9 Å². The summed E-state index contributed by atoms with van der Waals surface area (Å²) in [5.74, 6) is 0. The van der Waals surface area contributed by atoms with Crippen molar-refractivity contribution in [2.45, 2.75) is 0 Å². The first-order valence-corrected chi connectivity index (χ1v) is 7.05. The summed E-state index contributed by atoms with van der Waals surface area (Å²) in [5, 5.41) is 8.73. The molecule has 1 heterocycles. The zero-order valence-electron chi connectivity index (χ0n) is 10.5. The highest BCUT2D eigenvalue weighted by Gasteiger charge is 2.07. The predicted octanol–water partition coefficient (Wildman–Crippen LogP) is 4.56. The number of rotatable bonds is 4. The van der Waals surface area contributed by atoms with Crippen molar-refractivity contribution in [3.05, 3.63) is 60.5 Å². The van der Waals surface area contributed by atoms with Gasteiger partial charge >= 0.3 is 0 Å². The SMILES string of the molecule is C=CCNc1nc(-c2cccc3ccccc23)cs1. The Bertz CT molecular complexity index is 710.